The summed E-state index contributed by atoms with van der Waals surface area (Å²) in [6, 6.07) is 16.5. The standard InChI is InChI=1S/C25H28N4O2/c1-16-19(23(30)26-18-9-6-5-7-10-18)11-8-12-20(16)27-24(31)21-15-22(17-13-14-17)29(28-21)25(2,3)4/h5-12,15,17H,13-14H2,1-4H3,(H,26,30)(H,27,31). The lowest BCUT2D eigenvalue weighted by molar-refractivity contribution is 0.101. The molecule has 0 atom stereocenters. The molecule has 4 rings (SSSR count). The van der Waals surface area contributed by atoms with Crippen molar-refractivity contribution in [2.75, 3.05) is 10.6 Å². The number of hydrogen-bond acceptors (Lipinski definition) is 3. The minimum atomic E-state index is -0.270. The second kappa shape index (κ2) is 8.02. The maximum atomic E-state index is 13.0. The van der Waals surface area contributed by atoms with Gasteiger partial charge in [-0.1, -0.05) is 24.3 Å². The van der Waals surface area contributed by atoms with Crippen molar-refractivity contribution in [2.24, 2.45) is 0 Å². The first-order valence-corrected chi connectivity index (χ1v) is 10.6. The number of rotatable bonds is 5. The molecule has 2 N–H and O–H groups in total. The Hall–Kier alpha value is -3.41. The van der Waals surface area contributed by atoms with E-state index < -0.39 is 0 Å². The highest BCUT2D eigenvalue weighted by molar-refractivity contribution is 6.08. The first-order valence-electron chi connectivity index (χ1n) is 10.6. The van der Waals surface area contributed by atoms with Gasteiger partial charge < -0.3 is 10.6 Å². The summed E-state index contributed by atoms with van der Waals surface area (Å²) in [5.74, 6) is 0.00136. The Balaban J connectivity index is 1.55. The van der Waals surface area contributed by atoms with Gasteiger partial charge in [0.2, 0.25) is 0 Å². The largest absolute Gasteiger partial charge is 0.322 e. The van der Waals surface area contributed by atoms with Crippen molar-refractivity contribution < 1.29 is 9.59 Å². The van der Waals surface area contributed by atoms with Gasteiger partial charge >= 0.3 is 0 Å². The summed E-state index contributed by atoms with van der Waals surface area (Å²) in [5, 5.41) is 10.4. The summed E-state index contributed by atoms with van der Waals surface area (Å²) in [5.41, 5.74) is 3.87. The summed E-state index contributed by atoms with van der Waals surface area (Å²) in [7, 11) is 0. The molecule has 1 aromatic heterocycles. The van der Waals surface area contributed by atoms with Gasteiger partial charge in [-0.05, 0) is 76.4 Å². The van der Waals surface area contributed by atoms with Gasteiger partial charge in [0.05, 0.1) is 5.54 Å². The average molecular weight is 417 g/mol. The van der Waals surface area contributed by atoms with Gasteiger partial charge in [-0.2, -0.15) is 5.10 Å². The third-order valence-electron chi connectivity index (χ3n) is 5.46. The maximum absolute atomic E-state index is 13.0. The lowest BCUT2D eigenvalue weighted by atomic mass is 10.1. The van der Waals surface area contributed by atoms with E-state index in [1.165, 1.54) is 0 Å². The van der Waals surface area contributed by atoms with Crippen LogP contribution in [0.3, 0.4) is 0 Å². The number of para-hydroxylation sites is 1. The second-order valence-corrected chi connectivity index (χ2v) is 9.06. The second-order valence-electron chi connectivity index (χ2n) is 9.06. The SMILES string of the molecule is Cc1c(NC(=O)c2cc(C3CC3)n(C(C)(C)C)n2)cccc1C(=O)Nc1ccccc1. The molecule has 0 bridgehead atoms. The molecule has 160 valence electrons. The highest BCUT2D eigenvalue weighted by Crippen LogP contribution is 2.41. The van der Waals surface area contributed by atoms with Crippen LogP contribution < -0.4 is 10.6 Å². The Bertz CT molecular complexity index is 1120. The number of nitrogens with zero attached hydrogens (tertiary/aromatic N) is 2. The van der Waals surface area contributed by atoms with Crippen LogP contribution >= 0.6 is 0 Å². The zero-order chi connectivity index (χ0) is 22.2. The molecule has 6 heteroatoms. The Morgan fingerprint density at radius 1 is 0.968 bits per heavy atom. The quantitative estimate of drug-likeness (QED) is 0.590. The van der Waals surface area contributed by atoms with Crippen LogP contribution in [0.15, 0.2) is 54.6 Å². The van der Waals surface area contributed by atoms with E-state index >= 15 is 0 Å². The molecule has 0 radical (unpaired) electrons. The van der Waals surface area contributed by atoms with Crippen LogP contribution in [0.2, 0.25) is 0 Å². The molecule has 3 aromatic rings. The van der Waals surface area contributed by atoms with Gasteiger partial charge in [-0.15, -0.1) is 0 Å². The predicted octanol–water partition coefficient (Wildman–Crippen LogP) is 5.33. The minimum absolute atomic E-state index is 0.193. The van der Waals surface area contributed by atoms with Crippen LogP contribution in [-0.2, 0) is 5.54 Å². The lowest BCUT2D eigenvalue weighted by Gasteiger charge is -2.22. The minimum Gasteiger partial charge on any atom is -0.322 e. The first-order chi connectivity index (χ1) is 14.7. The van der Waals surface area contributed by atoms with E-state index in [1.807, 2.05) is 48.0 Å². The number of hydrogen-bond donors (Lipinski definition) is 2. The van der Waals surface area contributed by atoms with Crippen LogP contribution in [0, 0.1) is 6.92 Å². The van der Waals surface area contributed by atoms with Crippen molar-refractivity contribution in [3.8, 4) is 0 Å². The third kappa shape index (κ3) is 4.53. The molecular weight excluding hydrogens is 388 g/mol. The molecule has 6 nitrogen and oxygen atoms in total. The Kier molecular flexibility index (Phi) is 5.39. The fraction of sp³-hybridized carbons (Fsp3) is 0.320. The van der Waals surface area contributed by atoms with Crippen molar-refractivity contribution in [1.82, 2.24) is 9.78 Å². The zero-order valence-corrected chi connectivity index (χ0v) is 18.4. The van der Waals surface area contributed by atoms with E-state index in [4.69, 9.17) is 0 Å². The fourth-order valence-electron chi connectivity index (χ4n) is 3.64. The normalized spacial score (nSPS) is 13.7. The monoisotopic (exact) mass is 416 g/mol. The summed E-state index contributed by atoms with van der Waals surface area (Å²) in [6.45, 7) is 8.10. The van der Waals surface area contributed by atoms with E-state index in [9.17, 15) is 9.59 Å². The summed E-state index contributed by atoms with van der Waals surface area (Å²) in [6.07, 6.45) is 2.28. The number of amides is 2. The molecule has 1 aliphatic rings. The molecule has 0 spiro atoms. The molecule has 1 saturated carbocycles. The van der Waals surface area contributed by atoms with Crippen molar-refractivity contribution >= 4 is 23.2 Å². The summed E-state index contributed by atoms with van der Waals surface area (Å²) >= 11 is 0. The van der Waals surface area contributed by atoms with Crippen molar-refractivity contribution in [3.63, 3.8) is 0 Å². The molecule has 1 heterocycles. The van der Waals surface area contributed by atoms with E-state index in [1.54, 1.807) is 18.2 Å². The number of nitrogens with one attached hydrogen (secondary N) is 2. The number of carbonyl (C=O) groups excluding carboxylic acids is 2. The van der Waals surface area contributed by atoms with E-state index in [-0.39, 0.29) is 17.4 Å². The van der Waals surface area contributed by atoms with E-state index in [0.717, 1.165) is 24.2 Å². The van der Waals surface area contributed by atoms with Crippen LogP contribution in [0.4, 0.5) is 11.4 Å². The van der Waals surface area contributed by atoms with Gasteiger partial charge in [-0.3, -0.25) is 14.3 Å². The highest BCUT2D eigenvalue weighted by atomic mass is 16.2. The predicted molar refractivity (Wildman–Crippen MR) is 123 cm³/mol. The van der Waals surface area contributed by atoms with Crippen LogP contribution in [0.25, 0.3) is 0 Å². The van der Waals surface area contributed by atoms with Gasteiger partial charge in [0.1, 0.15) is 0 Å². The highest BCUT2D eigenvalue weighted by Gasteiger charge is 2.32. The van der Waals surface area contributed by atoms with E-state index in [0.29, 0.717) is 28.4 Å². The smallest absolute Gasteiger partial charge is 0.276 e. The summed E-state index contributed by atoms with van der Waals surface area (Å²) < 4.78 is 1.97. The number of benzene rings is 2. The van der Waals surface area contributed by atoms with Gasteiger partial charge in [0, 0.05) is 28.6 Å². The molecule has 0 saturated heterocycles. The number of anilines is 2. The zero-order valence-electron chi connectivity index (χ0n) is 18.4. The van der Waals surface area contributed by atoms with Crippen molar-refractivity contribution in [3.05, 3.63) is 77.1 Å². The average Bonchev–Trinajstić information content (AvgIpc) is 3.46. The van der Waals surface area contributed by atoms with E-state index in [2.05, 4.69) is 36.5 Å². The molecule has 2 amide bonds. The molecule has 0 unspecified atom stereocenters. The Labute approximate surface area is 182 Å². The van der Waals surface area contributed by atoms with Crippen LogP contribution in [0.5, 0.6) is 0 Å². The molecule has 1 fully saturated rings. The topological polar surface area (TPSA) is 76.0 Å². The molecule has 0 aliphatic heterocycles. The maximum Gasteiger partial charge on any atom is 0.276 e. The Morgan fingerprint density at radius 2 is 1.68 bits per heavy atom. The van der Waals surface area contributed by atoms with Gasteiger partial charge in [0.25, 0.3) is 11.8 Å². The molecule has 31 heavy (non-hydrogen) atoms. The lowest BCUT2D eigenvalue weighted by Crippen LogP contribution is -2.26. The van der Waals surface area contributed by atoms with Crippen LogP contribution in [-0.4, -0.2) is 21.6 Å². The van der Waals surface area contributed by atoms with Crippen molar-refractivity contribution in [1.29, 1.82) is 0 Å². The van der Waals surface area contributed by atoms with Crippen LogP contribution in [0.1, 0.15) is 71.6 Å². The number of aromatic nitrogens is 2. The third-order valence-corrected chi connectivity index (χ3v) is 5.46. The first kappa shape index (κ1) is 20.8. The van der Waals surface area contributed by atoms with Crippen molar-refractivity contribution in [2.45, 2.75) is 52.0 Å². The molecule has 2 aromatic carbocycles. The molecule has 1 aliphatic carbocycles. The fourth-order valence-corrected chi connectivity index (χ4v) is 3.64. The van der Waals surface area contributed by atoms with Gasteiger partial charge in [-0.25, -0.2) is 0 Å². The Morgan fingerprint density at radius 3 is 2.32 bits per heavy atom. The molecular formula is C25H28N4O2. The number of carbonyl (C=O) groups is 2. The summed E-state index contributed by atoms with van der Waals surface area (Å²) in [4.78, 5) is 25.7. The van der Waals surface area contributed by atoms with Gasteiger partial charge in [0.15, 0.2) is 5.69 Å².